The lowest BCUT2D eigenvalue weighted by molar-refractivity contribution is -0.141. The molecule has 0 spiro atoms. The quantitative estimate of drug-likeness (QED) is 0.439. The summed E-state index contributed by atoms with van der Waals surface area (Å²) in [5.41, 5.74) is 0. The fourth-order valence-electron chi connectivity index (χ4n) is 0.944. The van der Waals surface area contributed by atoms with E-state index in [0.717, 1.165) is 19.5 Å². The molecule has 1 fully saturated rings. The molecule has 1 saturated heterocycles. The zero-order valence-corrected chi connectivity index (χ0v) is 6.42. The van der Waals surface area contributed by atoms with Crippen molar-refractivity contribution in [2.75, 3.05) is 13.1 Å². The lowest BCUT2D eigenvalue weighted by Gasteiger charge is -2.08. The first-order valence-electron chi connectivity index (χ1n) is 3.87. The molecule has 1 aliphatic rings. The van der Waals surface area contributed by atoms with Gasteiger partial charge in [0.15, 0.2) is 0 Å². The van der Waals surface area contributed by atoms with Crippen LogP contribution >= 0.6 is 0 Å². The molecule has 0 aromatic rings. The van der Waals surface area contributed by atoms with E-state index < -0.39 is 0 Å². The third-order valence-electron chi connectivity index (χ3n) is 1.48. The Hall–Kier alpha value is -0.570. The number of oxime groups is 1. The topological polar surface area (TPSA) is 24.8 Å². The van der Waals surface area contributed by atoms with Crippen LogP contribution in [0.5, 0.6) is 0 Å². The standard InChI is InChI=1S/C7H14N2O/c1-2-5-8-10-9-6-3-4-7-9/h5H,2-4,6-7H2,1H3/b8-5-. The molecular formula is C7H14N2O. The first-order valence-corrected chi connectivity index (χ1v) is 3.87. The second-order valence-electron chi connectivity index (χ2n) is 2.41. The summed E-state index contributed by atoms with van der Waals surface area (Å²) in [5, 5.41) is 5.67. The summed E-state index contributed by atoms with van der Waals surface area (Å²) in [6.45, 7) is 4.10. The van der Waals surface area contributed by atoms with E-state index in [0.29, 0.717) is 0 Å². The van der Waals surface area contributed by atoms with E-state index >= 15 is 0 Å². The van der Waals surface area contributed by atoms with Gasteiger partial charge in [-0.25, -0.2) is 0 Å². The summed E-state index contributed by atoms with van der Waals surface area (Å²) in [5.74, 6) is 0. The van der Waals surface area contributed by atoms with Crippen molar-refractivity contribution in [1.82, 2.24) is 5.06 Å². The van der Waals surface area contributed by atoms with Crippen LogP contribution in [0.15, 0.2) is 5.16 Å². The monoisotopic (exact) mass is 142 g/mol. The van der Waals surface area contributed by atoms with Gasteiger partial charge in [-0.05, 0) is 19.3 Å². The Morgan fingerprint density at radius 3 is 2.80 bits per heavy atom. The molecule has 0 unspecified atom stereocenters. The largest absolute Gasteiger partial charge is 0.297 e. The molecular weight excluding hydrogens is 128 g/mol. The van der Waals surface area contributed by atoms with Gasteiger partial charge in [0, 0.05) is 19.3 Å². The van der Waals surface area contributed by atoms with Gasteiger partial charge in [0.25, 0.3) is 0 Å². The van der Waals surface area contributed by atoms with Crippen molar-refractivity contribution in [3.8, 4) is 0 Å². The number of hydrogen-bond acceptors (Lipinski definition) is 3. The van der Waals surface area contributed by atoms with Crippen LogP contribution in [0.2, 0.25) is 0 Å². The predicted octanol–water partition coefficient (Wildman–Crippen LogP) is 1.41. The molecule has 1 heterocycles. The zero-order valence-electron chi connectivity index (χ0n) is 6.42. The van der Waals surface area contributed by atoms with Gasteiger partial charge in [-0.3, -0.25) is 4.94 Å². The summed E-state index contributed by atoms with van der Waals surface area (Å²) in [6, 6.07) is 0. The highest BCUT2D eigenvalue weighted by Crippen LogP contribution is 2.06. The molecule has 10 heavy (non-hydrogen) atoms. The molecule has 0 bridgehead atoms. The molecule has 0 aromatic carbocycles. The summed E-state index contributed by atoms with van der Waals surface area (Å²) in [4.78, 5) is 5.05. The van der Waals surface area contributed by atoms with Gasteiger partial charge in [-0.2, -0.15) is 0 Å². The smallest absolute Gasteiger partial charge is 0.0460 e. The van der Waals surface area contributed by atoms with Crippen LogP contribution in [0.25, 0.3) is 0 Å². The summed E-state index contributed by atoms with van der Waals surface area (Å²) in [7, 11) is 0. The third-order valence-corrected chi connectivity index (χ3v) is 1.48. The van der Waals surface area contributed by atoms with E-state index in [4.69, 9.17) is 4.94 Å². The molecule has 0 amide bonds. The Morgan fingerprint density at radius 2 is 2.20 bits per heavy atom. The average molecular weight is 142 g/mol. The Bertz CT molecular complexity index is 108. The van der Waals surface area contributed by atoms with Crippen LogP contribution in [-0.2, 0) is 4.94 Å². The van der Waals surface area contributed by atoms with Crippen LogP contribution in [0, 0.1) is 0 Å². The highest BCUT2D eigenvalue weighted by atomic mass is 16.8. The molecule has 0 atom stereocenters. The highest BCUT2D eigenvalue weighted by Gasteiger charge is 2.11. The molecule has 1 rings (SSSR count). The normalized spacial score (nSPS) is 20.5. The van der Waals surface area contributed by atoms with Crippen molar-refractivity contribution in [1.29, 1.82) is 0 Å². The molecule has 0 saturated carbocycles. The average Bonchev–Trinajstić information content (AvgIpc) is 2.41. The van der Waals surface area contributed by atoms with Gasteiger partial charge in [0.1, 0.15) is 0 Å². The van der Waals surface area contributed by atoms with E-state index in [2.05, 4.69) is 5.16 Å². The third kappa shape index (κ3) is 2.35. The van der Waals surface area contributed by atoms with Crippen LogP contribution in [-0.4, -0.2) is 24.4 Å². The lowest BCUT2D eigenvalue weighted by atomic mass is 10.4. The molecule has 1 aliphatic heterocycles. The number of hydroxylamine groups is 2. The first-order chi connectivity index (χ1) is 4.93. The van der Waals surface area contributed by atoms with Crippen LogP contribution in [0.1, 0.15) is 26.2 Å². The van der Waals surface area contributed by atoms with Gasteiger partial charge in [0.2, 0.25) is 0 Å². The van der Waals surface area contributed by atoms with E-state index in [-0.39, 0.29) is 0 Å². The maximum Gasteiger partial charge on any atom is 0.0460 e. The highest BCUT2D eigenvalue weighted by molar-refractivity contribution is 5.55. The molecule has 3 heteroatoms. The second-order valence-corrected chi connectivity index (χ2v) is 2.41. The van der Waals surface area contributed by atoms with Crippen molar-refractivity contribution in [3.63, 3.8) is 0 Å². The van der Waals surface area contributed by atoms with Gasteiger partial charge >= 0.3 is 0 Å². The van der Waals surface area contributed by atoms with Gasteiger partial charge < -0.3 is 0 Å². The minimum absolute atomic E-state index is 0.938. The van der Waals surface area contributed by atoms with Crippen molar-refractivity contribution in [2.24, 2.45) is 5.16 Å². The van der Waals surface area contributed by atoms with E-state index in [9.17, 15) is 0 Å². The Kier molecular flexibility index (Phi) is 3.22. The molecule has 0 aliphatic carbocycles. The molecule has 58 valence electrons. The lowest BCUT2D eigenvalue weighted by Crippen LogP contribution is -2.16. The Morgan fingerprint density at radius 1 is 1.50 bits per heavy atom. The van der Waals surface area contributed by atoms with Crippen molar-refractivity contribution in [2.45, 2.75) is 26.2 Å². The number of rotatable bonds is 3. The Balaban J connectivity index is 2.06. The molecule has 0 N–H and O–H groups in total. The van der Waals surface area contributed by atoms with E-state index in [1.165, 1.54) is 12.8 Å². The molecule has 0 radical (unpaired) electrons. The predicted molar refractivity (Wildman–Crippen MR) is 40.7 cm³/mol. The molecule has 3 nitrogen and oxygen atoms in total. The SMILES string of the molecule is CC/C=N\ON1CCCC1. The van der Waals surface area contributed by atoms with Crippen LogP contribution in [0.4, 0.5) is 0 Å². The van der Waals surface area contributed by atoms with E-state index in [1.54, 1.807) is 6.21 Å². The number of hydrogen-bond donors (Lipinski definition) is 0. The van der Waals surface area contributed by atoms with E-state index in [1.807, 2.05) is 12.0 Å². The van der Waals surface area contributed by atoms with Gasteiger partial charge in [0.05, 0.1) is 0 Å². The van der Waals surface area contributed by atoms with Crippen molar-refractivity contribution in [3.05, 3.63) is 0 Å². The van der Waals surface area contributed by atoms with Crippen molar-refractivity contribution >= 4 is 6.21 Å². The Labute approximate surface area is 61.6 Å². The fraction of sp³-hybridized carbons (Fsp3) is 0.857. The van der Waals surface area contributed by atoms with Crippen LogP contribution < -0.4 is 0 Å². The first kappa shape index (κ1) is 7.54. The van der Waals surface area contributed by atoms with Crippen molar-refractivity contribution < 1.29 is 4.94 Å². The van der Waals surface area contributed by atoms with Crippen LogP contribution in [0.3, 0.4) is 0 Å². The summed E-state index contributed by atoms with van der Waals surface area (Å²) >= 11 is 0. The minimum Gasteiger partial charge on any atom is -0.297 e. The summed E-state index contributed by atoms with van der Waals surface area (Å²) < 4.78 is 0. The zero-order chi connectivity index (χ0) is 7.23. The minimum atomic E-state index is 0.938. The van der Waals surface area contributed by atoms with Gasteiger partial charge in [-0.15, -0.1) is 5.06 Å². The maximum absolute atomic E-state index is 5.05. The number of nitrogens with zero attached hydrogens (tertiary/aromatic N) is 2. The summed E-state index contributed by atoms with van der Waals surface area (Å²) in [6.07, 6.45) is 5.19. The van der Waals surface area contributed by atoms with Gasteiger partial charge in [-0.1, -0.05) is 12.1 Å². The molecule has 0 aromatic heterocycles. The maximum atomic E-state index is 5.05. The fourth-order valence-corrected chi connectivity index (χ4v) is 0.944. The second kappa shape index (κ2) is 4.28.